The van der Waals surface area contributed by atoms with Crippen LogP contribution >= 0.6 is 0 Å². The molecule has 1 saturated carbocycles. The number of hydrogen-bond donors (Lipinski definition) is 1. The molecular formula is C29H35N3O4. The summed E-state index contributed by atoms with van der Waals surface area (Å²) >= 11 is 0. The molecule has 2 aliphatic rings. The van der Waals surface area contributed by atoms with Crippen LogP contribution in [0.5, 0.6) is 0 Å². The molecule has 1 aromatic heterocycles. The van der Waals surface area contributed by atoms with Crippen LogP contribution in [0.4, 0.5) is 4.79 Å². The van der Waals surface area contributed by atoms with Crippen molar-refractivity contribution in [2.45, 2.75) is 70.9 Å². The molecule has 0 unspecified atom stereocenters. The van der Waals surface area contributed by atoms with E-state index in [4.69, 9.17) is 9.72 Å². The number of nitrogens with zero attached hydrogens (tertiary/aromatic N) is 3. The monoisotopic (exact) mass is 489 g/mol. The number of benzene rings is 2. The minimum atomic E-state index is -0.688. The Labute approximate surface area is 212 Å². The lowest BCUT2D eigenvalue weighted by Gasteiger charge is -2.28. The Morgan fingerprint density at radius 3 is 2.58 bits per heavy atom. The zero-order valence-corrected chi connectivity index (χ0v) is 21.4. The summed E-state index contributed by atoms with van der Waals surface area (Å²) in [5.41, 5.74) is 7.00. The summed E-state index contributed by atoms with van der Waals surface area (Å²) in [5, 5.41) is 9.50. The van der Waals surface area contributed by atoms with Gasteiger partial charge in [-0.2, -0.15) is 0 Å². The van der Waals surface area contributed by atoms with E-state index in [0.29, 0.717) is 25.9 Å². The summed E-state index contributed by atoms with van der Waals surface area (Å²) in [7, 11) is 1.42. The third-order valence-corrected chi connectivity index (χ3v) is 8.18. The summed E-state index contributed by atoms with van der Waals surface area (Å²) in [4.78, 5) is 30.9. The number of carbonyl (C=O) groups excluding carboxylic acids is 1. The van der Waals surface area contributed by atoms with E-state index in [0.717, 1.165) is 48.1 Å². The lowest BCUT2D eigenvalue weighted by Crippen LogP contribution is -2.35. The molecule has 3 aromatic rings. The third-order valence-electron chi connectivity index (χ3n) is 8.18. The SMILES string of the molecule is COC(=O)N1CCc2ccc3c(nc([C@H]4CC[C@H](C(=O)O)CC4)n3[C@@H](C)Cc3ccccc3C)c2C1. The van der Waals surface area contributed by atoms with Crippen molar-refractivity contribution in [1.29, 1.82) is 0 Å². The maximum atomic E-state index is 12.3. The summed E-state index contributed by atoms with van der Waals surface area (Å²) < 4.78 is 7.39. The molecule has 1 aliphatic carbocycles. The standard InChI is InChI=1S/C29H35N3O4/c1-18-6-4-5-7-23(18)16-19(2)32-25-13-12-20-14-15-31(29(35)36-3)17-24(20)26(25)30-27(32)21-8-10-22(11-9-21)28(33)34/h4-7,12-13,19,21-22H,8-11,14-17H2,1-3H3,(H,33,34)/t19-,21-,22-/m0/s1. The van der Waals surface area contributed by atoms with Crippen LogP contribution in [0, 0.1) is 12.8 Å². The first-order chi connectivity index (χ1) is 17.4. The van der Waals surface area contributed by atoms with Crippen molar-refractivity contribution in [3.8, 4) is 0 Å². The number of rotatable bonds is 5. The molecule has 7 nitrogen and oxygen atoms in total. The molecule has 1 N–H and O–H groups in total. The number of aryl methyl sites for hydroxylation is 1. The van der Waals surface area contributed by atoms with Gasteiger partial charge in [0, 0.05) is 24.1 Å². The van der Waals surface area contributed by atoms with E-state index in [2.05, 4.69) is 54.8 Å². The number of fused-ring (bicyclic) bond motifs is 3. The van der Waals surface area contributed by atoms with Gasteiger partial charge in [0.15, 0.2) is 0 Å². The summed E-state index contributed by atoms with van der Waals surface area (Å²) in [6.07, 6.45) is 4.39. The molecular weight excluding hydrogens is 454 g/mol. The van der Waals surface area contributed by atoms with Gasteiger partial charge in [-0.3, -0.25) is 4.79 Å². The van der Waals surface area contributed by atoms with E-state index < -0.39 is 5.97 Å². The average molecular weight is 490 g/mol. The van der Waals surface area contributed by atoms with Gasteiger partial charge in [0.25, 0.3) is 0 Å². The number of carboxylic acids is 1. The first-order valence-electron chi connectivity index (χ1n) is 13.0. The predicted octanol–water partition coefficient (Wildman–Crippen LogP) is 5.63. The highest BCUT2D eigenvalue weighted by Gasteiger charge is 2.32. The zero-order valence-electron chi connectivity index (χ0n) is 21.4. The summed E-state index contributed by atoms with van der Waals surface area (Å²) in [5.74, 6) is 0.332. The molecule has 2 heterocycles. The number of methoxy groups -OCH3 is 1. The Kier molecular flexibility index (Phi) is 6.73. The quantitative estimate of drug-likeness (QED) is 0.502. The lowest BCUT2D eigenvalue weighted by molar-refractivity contribution is -0.142. The molecule has 5 rings (SSSR count). The number of carboxylic acid groups (broad SMARTS) is 1. The Morgan fingerprint density at radius 1 is 1.14 bits per heavy atom. The molecule has 0 radical (unpaired) electrons. The number of hydrogen-bond acceptors (Lipinski definition) is 4. The van der Waals surface area contributed by atoms with Crippen LogP contribution in [0.15, 0.2) is 36.4 Å². The fourth-order valence-corrected chi connectivity index (χ4v) is 6.10. The molecule has 190 valence electrons. The lowest BCUT2D eigenvalue weighted by atomic mass is 9.81. The predicted molar refractivity (Wildman–Crippen MR) is 138 cm³/mol. The van der Waals surface area contributed by atoms with Crippen LogP contribution in [0.3, 0.4) is 0 Å². The van der Waals surface area contributed by atoms with Gasteiger partial charge in [0.05, 0.1) is 30.6 Å². The van der Waals surface area contributed by atoms with Gasteiger partial charge in [-0.1, -0.05) is 30.3 Å². The molecule has 2 aromatic carbocycles. The van der Waals surface area contributed by atoms with Crippen LogP contribution in [0.1, 0.15) is 72.6 Å². The highest BCUT2D eigenvalue weighted by Crippen LogP contribution is 2.40. The average Bonchev–Trinajstić information content (AvgIpc) is 3.29. The second-order valence-corrected chi connectivity index (χ2v) is 10.4. The number of aliphatic carboxylic acids is 1. The first kappa shape index (κ1) is 24.3. The fraction of sp³-hybridized carbons (Fsp3) is 0.483. The minimum absolute atomic E-state index is 0.182. The van der Waals surface area contributed by atoms with Crippen molar-refractivity contribution >= 4 is 23.1 Å². The minimum Gasteiger partial charge on any atom is -0.481 e. The van der Waals surface area contributed by atoms with Crippen LogP contribution < -0.4 is 0 Å². The van der Waals surface area contributed by atoms with Crippen molar-refractivity contribution < 1.29 is 19.4 Å². The van der Waals surface area contributed by atoms with Crippen molar-refractivity contribution in [3.05, 3.63) is 64.5 Å². The van der Waals surface area contributed by atoms with Gasteiger partial charge in [-0.15, -0.1) is 0 Å². The third kappa shape index (κ3) is 4.47. The van der Waals surface area contributed by atoms with Gasteiger partial charge >= 0.3 is 12.1 Å². The Hall–Kier alpha value is -3.35. The van der Waals surface area contributed by atoms with E-state index in [1.165, 1.54) is 23.8 Å². The number of imidazole rings is 1. The first-order valence-corrected chi connectivity index (χ1v) is 13.0. The maximum Gasteiger partial charge on any atom is 0.409 e. The van der Waals surface area contributed by atoms with E-state index >= 15 is 0 Å². The number of amides is 1. The van der Waals surface area contributed by atoms with Gasteiger partial charge in [-0.05, 0) is 75.1 Å². The second-order valence-electron chi connectivity index (χ2n) is 10.4. The van der Waals surface area contributed by atoms with Gasteiger partial charge < -0.3 is 19.3 Å². The van der Waals surface area contributed by atoms with E-state index in [-0.39, 0.29) is 24.0 Å². The molecule has 1 atom stereocenters. The molecule has 0 spiro atoms. The van der Waals surface area contributed by atoms with Crippen molar-refractivity contribution in [3.63, 3.8) is 0 Å². The van der Waals surface area contributed by atoms with E-state index in [1.807, 2.05) is 0 Å². The molecule has 1 fully saturated rings. The number of aromatic nitrogens is 2. The van der Waals surface area contributed by atoms with Crippen LogP contribution in [-0.4, -0.2) is 45.3 Å². The van der Waals surface area contributed by atoms with E-state index in [1.54, 1.807) is 4.90 Å². The highest BCUT2D eigenvalue weighted by atomic mass is 16.5. The van der Waals surface area contributed by atoms with Gasteiger partial charge in [-0.25, -0.2) is 9.78 Å². The molecule has 1 aliphatic heterocycles. The van der Waals surface area contributed by atoms with Crippen LogP contribution in [0.25, 0.3) is 11.0 Å². The summed E-state index contributed by atoms with van der Waals surface area (Å²) in [6, 6.07) is 13.1. The normalized spacial score (nSPS) is 20.7. The Balaban J connectivity index is 1.57. The number of ether oxygens (including phenoxy) is 1. The maximum absolute atomic E-state index is 12.3. The topological polar surface area (TPSA) is 84.7 Å². The van der Waals surface area contributed by atoms with Crippen molar-refractivity contribution in [2.24, 2.45) is 5.92 Å². The van der Waals surface area contributed by atoms with Gasteiger partial charge in [0.1, 0.15) is 5.82 Å². The summed E-state index contributed by atoms with van der Waals surface area (Å²) in [6.45, 7) is 5.54. The zero-order chi connectivity index (χ0) is 25.4. The fourth-order valence-electron chi connectivity index (χ4n) is 6.10. The largest absolute Gasteiger partial charge is 0.481 e. The molecule has 0 saturated heterocycles. The smallest absolute Gasteiger partial charge is 0.409 e. The van der Waals surface area contributed by atoms with Crippen molar-refractivity contribution in [1.82, 2.24) is 14.5 Å². The van der Waals surface area contributed by atoms with E-state index in [9.17, 15) is 14.7 Å². The highest BCUT2D eigenvalue weighted by molar-refractivity contribution is 5.82. The second kappa shape index (κ2) is 9.96. The number of carbonyl (C=O) groups is 2. The van der Waals surface area contributed by atoms with Crippen molar-refractivity contribution in [2.75, 3.05) is 13.7 Å². The molecule has 0 bridgehead atoms. The Bertz CT molecular complexity index is 1290. The van der Waals surface area contributed by atoms with Gasteiger partial charge in [0.2, 0.25) is 0 Å². The van der Waals surface area contributed by atoms with Crippen LogP contribution in [0.2, 0.25) is 0 Å². The Morgan fingerprint density at radius 2 is 1.89 bits per heavy atom. The molecule has 36 heavy (non-hydrogen) atoms. The molecule has 1 amide bonds. The van der Waals surface area contributed by atoms with Crippen LogP contribution in [-0.2, 0) is 28.9 Å². The molecule has 7 heteroatoms.